The molecule has 2 rings (SSSR count). The Morgan fingerprint density at radius 3 is 2.82 bits per heavy atom. The Hall–Kier alpha value is -2.91. The molecule has 0 aliphatic carbocycles. The summed E-state index contributed by atoms with van der Waals surface area (Å²) in [7, 11) is 1.59. The minimum Gasteiger partial charge on any atom is -0.493 e. The molecule has 0 radical (unpaired) electrons. The summed E-state index contributed by atoms with van der Waals surface area (Å²) >= 11 is 1.55. The largest absolute Gasteiger partial charge is 0.493 e. The average Bonchev–Trinajstić information content (AvgIpc) is 2.72. The van der Waals surface area contributed by atoms with Gasteiger partial charge in [-0.2, -0.15) is 5.26 Å². The third-order valence-electron chi connectivity index (χ3n) is 3.69. The van der Waals surface area contributed by atoms with Crippen molar-refractivity contribution in [3.05, 3.63) is 54.1 Å². The number of anilines is 1. The molecular weight excluding hydrogens is 372 g/mol. The van der Waals surface area contributed by atoms with Crippen LogP contribution in [0.25, 0.3) is 6.08 Å². The van der Waals surface area contributed by atoms with Crippen molar-refractivity contribution in [3.8, 4) is 17.6 Å². The minimum atomic E-state index is -0.224. The minimum absolute atomic E-state index is 0.224. The number of para-hydroxylation sites is 1. The highest BCUT2D eigenvalue weighted by Crippen LogP contribution is 2.29. The van der Waals surface area contributed by atoms with Crippen LogP contribution in [0.1, 0.15) is 25.3 Å². The fourth-order valence-corrected chi connectivity index (χ4v) is 3.23. The number of ether oxygens (including phenoxy) is 2. The second-order valence-corrected chi connectivity index (χ2v) is 6.97. The molecule has 0 unspecified atom stereocenters. The fourth-order valence-electron chi connectivity index (χ4n) is 2.37. The number of hydrogen-bond acceptors (Lipinski definition) is 5. The Morgan fingerprint density at radius 2 is 2.07 bits per heavy atom. The lowest BCUT2D eigenvalue weighted by molar-refractivity contribution is -0.111. The zero-order valence-electron chi connectivity index (χ0n) is 16.1. The molecule has 146 valence electrons. The maximum Gasteiger partial charge on any atom is 0.248 e. The van der Waals surface area contributed by atoms with E-state index in [0.29, 0.717) is 30.3 Å². The van der Waals surface area contributed by atoms with E-state index in [4.69, 9.17) is 14.7 Å². The van der Waals surface area contributed by atoms with Gasteiger partial charge in [0.05, 0.1) is 25.5 Å². The van der Waals surface area contributed by atoms with Crippen LogP contribution in [0, 0.1) is 11.3 Å². The van der Waals surface area contributed by atoms with E-state index in [0.717, 1.165) is 22.6 Å². The first-order chi connectivity index (χ1) is 13.7. The lowest BCUT2D eigenvalue weighted by Crippen LogP contribution is -2.08. The number of carbonyl (C=O) groups is 1. The van der Waals surface area contributed by atoms with E-state index in [9.17, 15) is 4.79 Å². The zero-order valence-corrected chi connectivity index (χ0v) is 16.9. The van der Waals surface area contributed by atoms with Crippen molar-refractivity contribution in [1.29, 1.82) is 5.26 Å². The molecule has 0 aliphatic rings. The summed E-state index contributed by atoms with van der Waals surface area (Å²) in [4.78, 5) is 13.3. The highest BCUT2D eigenvalue weighted by Gasteiger charge is 2.06. The standard InChI is InChI=1S/C22H24N2O3S/c1-3-14-27-19-11-9-17(16-20(19)26-2)10-12-22(25)24-18-7-4-5-8-21(18)28-15-6-13-23/h4-5,7-12,16H,3,6,14-15H2,1-2H3,(H,24,25). The Labute approximate surface area is 170 Å². The highest BCUT2D eigenvalue weighted by atomic mass is 32.2. The highest BCUT2D eigenvalue weighted by molar-refractivity contribution is 7.99. The van der Waals surface area contributed by atoms with Crippen LogP contribution in [0.2, 0.25) is 0 Å². The molecule has 0 saturated heterocycles. The van der Waals surface area contributed by atoms with Gasteiger partial charge in [0.25, 0.3) is 0 Å². The molecule has 0 aromatic heterocycles. The van der Waals surface area contributed by atoms with Crippen LogP contribution in [0.5, 0.6) is 11.5 Å². The Bertz CT molecular complexity index is 859. The molecular formula is C22H24N2O3S. The molecule has 0 atom stereocenters. The van der Waals surface area contributed by atoms with Gasteiger partial charge < -0.3 is 14.8 Å². The van der Waals surface area contributed by atoms with Crippen LogP contribution in [0.15, 0.2) is 53.4 Å². The molecule has 1 amide bonds. The van der Waals surface area contributed by atoms with Gasteiger partial charge in [0.15, 0.2) is 11.5 Å². The summed E-state index contributed by atoms with van der Waals surface area (Å²) in [6.07, 6.45) is 4.60. The number of nitrogens with zero attached hydrogens (tertiary/aromatic N) is 1. The number of thioether (sulfide) groups is 1. The Kier molecular flexibility index (Phi) is 8.96. The van der Waals surface area contributed by atoms with E-state index in [2.05, 4.69) is 11.4 Å². The predicted molar refractivity (Wildman–Crippen MR) is 114 cm³/mol. The predicted octanol–water partition coefficient (Wildman–Crippen LogP) is 5.14. The van der Waals surface area contributed by atoms with Crippen LogP contribution < -0.4 is 14.8 Å². The fraction of sp³-hybridized carbons (Fsp3) is 0.273. The second-order valence-electron chi connectivity index (χ2n) is 5.83. The zero-order chi connectivity index (χ0) is 20.2. The van der Waals surface area contributed by atoms with Crippen molar-refractivity contribution in [2.45, 2.75) is 24.7 Å². The van der Waals surface area contributed by atoms with Gasteiger partial charge in [0.1, 0.15) is 0 Å². The van der Waals surface area contributed by atoms with Crippen LogP contribution in [0.4, 0.5) is 5.69 Å². The molecule has 0 fully saturated rings. The van der Waals surface area contributed by atoms with Gasteiger partial charge >= 0.3 is 0 Å². The van der Waals surface area contributed by atoms with Gasteiger partial charge in [-0.05, 0) is 42.3 Å². The molecule has 6 heteroatoms. The summed E-state index contributed by atoms with van der Waals surface area (Å²) in [6, 6.07) is 15.2. The topological polar surface area (TPSA) is 71.3 Å². The molecule has 0 spiro atoms. The summed E-state index contributed by atoms with van der Waals surface area (Å²) in [5, 5.41) is 11.6. The quantitative estimate of drug-likeness (QED) is 0.342. The maximum absolute atomic E-state index is 12.3. The number of methoxy groups -OCH3 is 1. The third-order valence-corrected chi connectivity index (χ3v) is 4.77. The molecule has 28 heavy (non-hydrogen) atoms. The first-order valence-corrected chi connectivity index (χ1v) is 10.0. The van der Waals surface area contributed by atoms with Gasteiger partial charge in [-0.1, -0.05) is 25.1 Å². The second kappa shape index (κ2) is 11.7. The third kappa shape index (κ3) is 6.67. The normalized spacial score (nSPS) is 10.5. The summed E-state index contributed by atoms with van der Waals surface area (Å²) < 4.78 is 11.0. The summed E-state index contributed by atoms with van der Waals surface area (Å²) in [5.74, 6) is 1.79. The van der Waals surface area contributed by atoms with Crippen molar-refractivity contribution in [2.75, 3.05) is 24.8 Å². The number of benzene rings is 2. The van der Waals surface area contributed by atoms with E-state index in [1.807, 2.05) is 49.4 Å². The van der Waals surface area contributed by atoms with Crippen LogP contribution in [-0.2, 0) is 4.79 Å². The van der Waals surface area contributed by atoms with E-state index in [1.54, 1.807) is 24.9 Å². The van der Waals surface area contributed by atoms with E-state index < -0.39 is 0 Å². The van der Waals surface area contributed by atoms with Crippen molar-refractivity contribution >= 4 is 29.4 Å². The van der Waals surface area contributed by atoms with Crippen LogP contribution in [0.3, 0.4) is 0 Å². The van der Waals surface area contributed by atoms with Crippen molar-refractivity contribution < 1.29 is 14.3 Å². The molecule has 0 aliphatic heterocycles. The summed E-state index contributed by atoms with van der Waals surface area (Å²) in [5.41, 5.74) is 1.58. The molecule has 2 aromatic carbocycles. The molecule has 5 nitrogen and oxygen atoms in total. The van der Waals surface area contributed by atoms with E-state index >= 15 is 0 Å². The smallest absolute Gasteiger partial charge is 0.248 e. The first-order valence-electron chi connectivity index (χ1n) is 9.06. The molecule has 0 bridgehead atoms. The first kappa shape index (κ1) is 21.4. The molecule has 0 saturated carbocycles. The molecule has 2 aromatic rings. The van der Waals surface area contributed by atoms with Crippen LogP contribution in [-0.4, -0.2) is 25.4 Å². The lowest BCUT2D eigenvalue weighted by Gasteiger charge is -2.10. The van der Waals surface area contributed by atoms with Gasteiger partial charge in [0.2, 0.25) is 5.91 Å². The maximum atomic E-state index is 12.3. The van der Waals surface area contributed by atoms with Crippen LogP contribution >= 0.6 is 11.8 Å². The number of rotatable bonds is 10. The van der Waals surface area contributed by atoms with Gasteiger partial charge in [-0.3, -0.25) is 4.79 Å². The van der Waals surface area contributed by atoms with Crippen molar-refractivity contribution in [1.82, 2.24) is 0 Å². The molecule has 1 N–H and O–H groups in total. The number of hydrogen-bond donors (Lipinski definition) is 1. The average molecular weight is 397 g/mol. The van der Waals surface area contributed by atoms with E-state index in [1.165, 1.54) is 6.08 Å². The lowest BCUT2D eigenvalue weighted by atomic mass is 10.2. The molecule has 0 heterocycles. The number of nitriles is 1. The van der Waals surface area contributed by atoms with E-state index in [-0.39, 0.29) is 5.91 Å². The monoisotopic (exact) mass is 396 g/mol. The van der Waals surface area contributed by atoms with Gasteiger partial charge in [-0.15, -0.1) is 11.8 Å². The number of amides is 1. The summed E-state index contributed by atoms with van der Waals surface area (Å²) in [6.45, 7) is 2.67. The number of carbonyl (C=O) groups excluding carboxylic acids is 1. The SMILES string of the molecule is CCCOc1ccc(C=CC(=O)Nc2ccccc2SCCC#N)cc1OC. The van der Waals surface area contributed by atoms with Gasteiger partial charge in [0, 0.05) is 23.1 Å². The number of nitrogens with one attached hydrogen (secondary N) is 1. The Morgan fingerprint density at radius 1 is 1.25 bits per heavy atom. The van der Waals surface area contributed by atoms with Crippen molar-refractivity contribution in [3.63, 3.8) is 0 Å². The van der Waals surface area contributed by atoms with Gasteiger partial charge in [-0.25, -0.2) is 0 Å². The Balaban J connectivity index is 2.03. The van der Waals surface area contributed by atoms with Crippen molar-refractivity contribution in [2.24, 2.45) is 0 Å².